The van der Waals surface area contributed by atoms with E-state index >= 15 is 0 Å². The third-order valence-electron chi connectivity index (χ3n) is 8.86. The molecule has 0 saturated heterocycles. The van der Waals surface area contributed by atoms with Crippen molar-refractivity contribution in [3.63, 3.8) is 0 Å². The SMILES string of the molecule is CCCCC[C@H](O)/C=C/[C@H]1[C@H](O)CC(=O)[C@@H]1CCCCCCC(=O)OC[C@H](COP(=O)(O)O)OC(=O)CCCCCCCCCC(C)C. The molecule has 12 heteroatoms. The maximum atomic E-state index is 12.5. The highest BCUT2D eigenvalue weighted by atomic mass is 31.2. The van der Waals surface area contributed by atoms with Gasteiger partial charge in [-0.1, -0.05) is 116 Å². The monoisotopic (exact) mass is 704 g/mol. The number of carbonyl (C=O) groups is 3. The van der Waals surface area contributed by atoms with Crippen molar-refractivity contribution in [2.75, 3.05) is 13.2 Å². The van der Waals surface area contributed by atoms with Crippen LogP contribution in [-0.4, -0.2) is 69.2 Å². The molecule has 4 N–H and O–H groups in total. The Bertz CT molecular complexity index is 964. The lowest BCUT2D eigenvalue weighted by atomic mass is 9.88. The van der Waals surface area contributed by atoms with Crippen LogP contribution in [0.15, 0.2) is 12.2 Å². The van der Waals surface area contributed by atoms with Gasteiger partial charge in [-0.25, -0.2) is 4.57 Å². The highest BCUT2D eigenvalue weighted by molar-refractivity contribution is 7.46. The molecule has 0 radical (unpaired) electrons. The molecule has 1 aliphatic rings. The van der Waals surface area contributed by atoms with E-state index in [1.54, 1.807) is 12.2 Å². The Morgan fingerprint density at radius 1 is 0.854 bits per heavy atom. The summed E-state index contributed by atoms with van der Waals surface area (Å²) in [6.45, 7) is 5.60. The number of hydrogen-bond acceptors (Lipinski definition) is 9. The van der Waals surface area contributed by atoms with Gasteiger partial charge in [0.15, 0.2) is 6.10 Å². The van der Waals surface area contributed by atoms with Crippen LogP contribution in [0.4, 0.5) is 0 Å². The molecule has 1 saturated carbocycles. The number of aliphatic hydroxyl groups is 2. The van der Waals surface area contributed by atoms with Crippen LogP contribution in [0.2, 0.25) is 0 Å². The van der Waals surface area contributed by atoms with Gasteiger partial charge in [0.2, 0.25) is 0 Å². The van der Waals surface area contributed by atoms with Crippen molar-refractivity contribution in [3.8, 4) is 0 Å². The zero-order valence-electron chi connectivity index (χ0n) is 29.8. The lowest BCUT2D eigenvalue weighted by molar-refractivity contribution is -0.161. The van der Waals surface area contributed by atoms with Gasteiger partial charge < -0.3 is 29.5 Å². The molecule has 1 fully saturated rings. The van der Waals surface area contributed by atoms with E-state index in [1.165, 1.54) is 25.7 Å². The third kappa shape index (κ3) is 22.9. The summed E-state index contributed by atoms with van der Waals surface area (Å²) in [4.78, 5) is 55.3. The number of phosphoric ester groups is 1. The predicted octanol–water partition coefficient (Wildman–Crippen LogP) is 7.12. The van der Waals surface area contributed by atoms with Crippen LogP contribution >= 0.6 is 7.82 Å². The molecule has 11 nitrogen and oxygen atoms in total. The molecule has 0 unspecified atom stereocenters. The molecule has 48 heavy (non-hydrogen) atoms. The van der Waals surface area contributed by atoms with E-state index in [4.69, 9.17) is 19.3 Å². The van der Waals surface area contributed by atoms with Gasteiger partial charge >= 0.3 is 19.8 Å². The number of ketones is 1. The van der Waals surface area contributed by atoms with E-state index in [2.05, 4.69) is 25.3 Å². The maximum Gasteiger partial charge on any atom is 0.469 e. The van der Waals surface area contributed by atoms with Crippen molar-refractivity contribution in [1.29, 1.82) is 0 Å². The molecule has 0 aromatic heterocycles. The molecule has 0 bridgehead atoms. The summed E-state index contributed by atoms with van der Waals surface area (Å²) >= 11 is 0. The fraction of sp³-hybridized carbons (Fsp3) is 0.861. The summed E-state index contributed by atoms with van der Waals surface area (Å²) in [5.41, 5.74) is 0. The van der Waals surface area contributed by atoms with Crippen LogP contribution in [0.25, 0.3) is 0 Å². The third-order valence-corrected chi connectivity index (χ3v) is 9.34. The molecule has 1 aliphatic carbocycles. The fourth-order valence-electron chi connectivity index (χ4n) is 6.04. The van der Waals surface area contributed by atoms with Crippen molar-refractivity contribution >= 4 is 25.5 Å². The quantitative estimate of drug-likeness (QED) is 0.0270. The molecule has 280 valence electrons. The molecule has 0 aromatic rings. The second-order valence-electron chi connectivity index (χ2n) is 13.8. The average molecular weight is 705 g/mol. The van der Waals surface area contributed by atoms with E-state index in [1.807, 2.05) is 0 Å². The topological polar surface area (TPSA) is 177 Å². The average Bonchev–Trinajstić information content (AvgIpc) is 3.28. The Morgan fingerprint density at radius 2 is 1.44 bits per heavy atom. The van der Waals surface area contributed by atoms with Crippen molar-refractivity contribution in [2.24, 2.45) is 17.8 Å². The minimum absolute atomic E-state index is 0.0436. The van der Waals surface area contributed by atoms with Gasteiger partial charge in [-0.2, -0.15) is 0 Å². The Morgan fingerprint density at radius 3 is 2.06 bits per heavy atom. The minimum atomic E-state index is -4.80. The first kappa shape index (κ1) is 44.4. The maximum absolute atomic E-state index is 12.5. The number of esters is 2. The van der Waals surface area contributed by atoms with Gasteiger partial charge in [0.25, 0.3) is 0 Å². The smallest absolute Gasteiger partial charge is 0.462 e. The second-order valence-corrected chi connectivity index (χ2v) is 15.1. The van der Waals surface area contributed by atoms with Gasteiger partial charge in [0.05, 0.1) is 18.8 Å². The largest absolute Gasteiger partial charge is 0.469 e. The molecule has 0 spiro atoms. The van der Waals surface area contributed by atoms with Gasteiger partial charge in [-0.15, -0.1) is 0 Å². The molecular formula is C36H65O11P. The number of carbonyl (C=O) groups excluding carboxylic acids is 3. The summed E-state index contributed by atoms with van der Waals surface area (Å²) in [6, 6.07) is 0. The van der Waals surface area contributed by atoms with Gasteiger partial charge in [0.1, 0.15) is 12.4 Å². The van der Waals surface area contributed by atoms with Gasteiger partial charge in [-0.3, -0.25) is 18.9 Å². The van der Waals surface area contributed by atoms with Crippen molar-refractivity contribution in [3.05, 3.63) is 12.2 Å². The number of Topliss-reactive ketones (excluding diaryl/α,β-unsaturated/α-hetero) is 1. The Labute approximate surface area is 288 Å². The first-order valence-electron chi connectivity index (χ1n) is 18.4. The van der Waals surface area contributed by atoms with Crippen LogP contribution in [-0.2, 0) is 32.9 Å². The van der Waals surface area contributed by atoms with Gasteiger partial charge in [-0.05, 0) is 31.6 Å². The van der Waals surface area contributed by atoms with Crippen LogP contribution in [0.5, 0.6) is 0 Å². The second kappa shape index (κ2) is 26.2. The normalized spacial score (nSPS) is 19.7. The molecule has 0 aromatic carbocycles. The first-order valence-corrected chi connectivity index (χ1v) is 20.0. The lowest BCUT2D eigenvalue weighted by Gasteiger charge is -2.18. The number of hydrogen-bond donors (Lipinski definition) is 4. The molecule has 1 rings (SSSR count). The van der Waals surface area contributed by atoms with Crippen LogP contribution in [0.1, 0.15) is 149 Å². The standard InChI is InChI=1S/C36H65O11P/c1-4-5-13-19-29(37)23-24-32-31(33(38)25-34(32)39)20-15-11-12-16-21-35(40)45-26-30(27-46-48(42,43)44)47-36(41)22-17-10-8-6-7-9-14-18-28(2)3/h23-24,28-32,34,37,39H,4-22,25-27H2,1-3H3,(H2,42,43,44)/b24-23+/t29-,30+,31+,32+,34+/m0/s1. The number of ether oxygens (including phenoxy) is 2. The van der Waals surface area contributed by atoms with Gasteiger partial charge in [0, 0.05) is 31.1 Å². The molecule has 0 heterocycles. The number of phosphoric acid groups is 1. The van der Waals surface area contributed by atoms with E-state index in [-0.39, 0.29) is 43.5 Å². The summed E-state index contributed by atoms with van der Waals surface area (Å²) in [5, 5.41) is 20.6. The molecule has 0 aliphatic heterocycles. The lowest BCUT2D eigenvalue weighted by Crippen LogP contribution is -2.29. The van der Waals surface area contributed by atoms with Crippen molar-refractivity contribution in [1.82, 2.24) is 0 Å². The van der Waals surface area contributed by atoms with Crippen LogP contribution < -0.4 is 0 Å². The van der Waals surface area contributed by atoms with E-state index in [9.17, 15) is 29.2 Å². The minimum Gasteiger partial charge on any atom is -0.462 e. The molecule has 5 atom stereocenters. The molecular weight excluding hydrogens is 639 g/mol. The number of unbranched alkanes of at least 4 members (excludes halogenated alkanes) is 11. The van der Waals surface area contributed by atoms with E-state index in [0.717, 1.165) is 63.7 Å². The summed E-state index contributed by atoms with van der Waals surface area (Å²) in [6.07, 6.45) is 17.3. The molecule has 0 amide bonds. The fourth-order valence-corrected chi connectivity index (χ4v) is 6.40. The predicted molar refractivity (Wildman–Crippen MR) is 185 cm³/mol. The Kier molecular flexibility index (Phi) is 24.3. The summed E-state index contributed by atoms with van der Waals surface area (Å²) in [5.74, 6) is -0.840. The zero-order valence-corrected chi connectivity index (χ0v) is 30.7. The van der Waals surface area contributed by atoms with E-state index < -0.39 is 44.7 Å². The number of rotatable bonds is 29. The van der Waals surface area contributed by atoms with Crippen LogP contribution in [0.3, 0.4) is 0 Å². The highest BCUT2D eigenvalue weighted by Crippen LogP contribution is 2.36. The van der Waals surface area contributed by atoms with E-state index in [0.29, 0.717) is 25.7 Å². The summed E-state index contributed by atoms with van der Waals surface area (Å²) < 4.78 is 26.2. The summed E-state index contributed by atoms with van der Waals surface area (Å²) in [7, 11) is -4.80. The number of aliphatic hydroxyl groups excluding tert-OH is 2. The first-order chi connectivity index (χ1) is 22.8. The van der Waals surface area contributed by atoms with Crippen LogP contribution in [0, 0.1) is 17.8 Å². The Balaban J connectivity index is 2.33. The van der Waals surface area contributed by atoms with Crippen molar-refractivity contribution < 1.29 is 52.9 Å². The Hall–Kier alpha value is -1.62. The van der Waals surface area contributed by atoms with Crippen molar-refractivity contribution in [2.45, 2.75) is 167 Å². The highest BCUT2D eigenvalue weighted by Gasteiger charge is 2.39. The zero-order chi connectivity index (χ0) is 35.8.